The molecule has 0 saturated heterocycles. The Kier molecular flexibility index (Phi) is 2.46. The highest BCUT2D eigenvalue weighted by Crippen LogP contribution is 2.05. The van der Waals surface area contributed by atoms with Crippen LogP contribution in [0.15, 0.2) is 12.3 Å². The third-order valence-electron chi connectivity index (χ3n) is 0.873. The van der Waals surface area contributed by atoms with Gasteiger partial charge in [-0.3, -0.25) is 4.72 Å². The van der Waals surface area contributed by atoms with Crippen LogP contribution < -0.4 is 9.86 Å². The van der Waals surface area contributed by atoms with E-state index >= 15 is 0 Å². The highest BCUT2D eigenvalue weighted by molar-refractivity contribution is 7.90. The lowest BCUT2D eigenvalue weighted by Gasteiger charge is -2.00. The fourth-order valence-corrected chi connectivity index (χ4v) is 1.09. The summed E-state index contributed by atoms with van der Waals surface area (Å²) in [4.78, 5) is 7.09. The van der Waals surface area contributed by atoms with Gasteiger partial charge in [-0.25, -0.2) is 10.1 Å². The topological polar surface area (TPSA) is 98.0 Å². The number of hydrogen-bond donors (Lipinski definition) is 2. The molecular formula is C4H5ClN4O2S. The summed E-state index contributed by atoms with van der Waals surface area (Å²) in [5.41, 5.74) is 0. The molecule has 6 nitrogen and oxygen atoms in total. The van der Waals surface area contributed by atoms with Gasteiger partial charge in [-0.05, 0) is 17.7 Å². The van der Waals surface area contributed by atoms with E-state index in [1.165, 1.54) is 12.3 Å². The first kappa shape index (κ1) is 9.17. The first-order valence-corrected chi connectivity index (χ1v) is 4.69. The summed E-state index contributed by atoms with van der Waals surface area (Å²) in [6, 6.07) is 1.33. The third-order valence-corrected chi connectivity index (χ3v) is 1.55. The number of hydrogen-bond acceptors (Lipinski definition) is 4. The van der Waals surface area contributed by atoms with Gasteiger partial charge in [0.25, 0.3) is 10.2 Å². The van der Waals surface area contributed by atoms with Gasteiger partial charge >= 0.3 is 0 Å². The van der Waals surface area contributed by atoms with Crippen LogP contribution in [0, 0.1) is 0 Å². The maximum Gasteiger partial charge on any atom is 0.297 e. The minimum atomic E-state index is -3.79. The summed E-state index contributed by atoms with van der Waals surface area (Å²) in [6.07, 6.45) is 1.31. The van der Waals surface area contributed by atoms with E-state index in [1.807, 2.05) is 4.72 Å². The van der Waals surface area contributed by atoms with Gasteiger partial charge in [0.15, 0.2) is 0 Å². The Morgan fingerprint density at radius 1 is 1.58 bits per heavy atom. The van der Waals surface area contributed by atoms with Crippen LogP contribution in [0.2, 0.25) is 5.28 Å². The van der Waals surface area contributed by atoms with E-state index in [0.717, 1.165) is 0 Å². The van der Waals surface area contributed by atoms with Gasteiger partial charge in [0.2, 0.25) is 5.28 Å². The maximum absolute atomic E-state index is 10.5. The van der Waals surface area contributed by atoms with Gasteiger partial charge in [-0.1, -0.05) is 0 Å². The zero-order chi connectivity index (χ0) is 9.19. The quantitative estimate of drug-likeness (QED) is 0.655. The standard InChI is InChI=1S/C4H5ClN4O2S/c5-4-7-2-1-3(8-4)9-12(6,10)11/h1-2H,(H2,6,10,11)(H,7,8,9). The van der Waals surface area contributed by atoms with Gasteiger partial charge in [-0.2, -0.15) is 13.4 Å². The van der Waals surface area contributed by atoms with Gasteiger partial charge in [0, 0.05) is 6.20 Å². The van der Waals surface area contributed by atoms with Crippen molar-refractivity contribution in [2.24, 2.45) is 5.14 Å². The summed E-state index contributed by atoms with van der Waals surface area (Å²) in [5.74, 6) is 0.0394. The van der Waals surface area contributed by atoms with Crippen molar-refractivity contribution in [3.63, 3.8) is 0 Å². The normalized spacial score (nSPS) is 11.2. The van der Waals surface area contributed by atoms with E-state index in [2.05, 4.69) is 15.1 Å². The van der Waals surface area contributed by atoms with Crippen LogP contribution in [0.25, 0.3) is 0 Å². The molecule has 0 aliphatic carbocycles. The second-order valence-electron chi connectivity index (χ2n) is 1.86. The zero-order valence-corrected chi connectivity index (χ0v) is 7.30. The van der Waals surface area contributed by atoms with Crippen LogP contribution in [0.1, 0.15) is 0 Å². The van der Waals surface area contributed by atoms with E-state index in [1.54, 1.807) is 0 Å². The fourth-order valence-electron chi connectivity index (χ4n) is 0.537. The molecule has 1 aromatic rings. The van der Waals surface area contributed by atoms with Crippen molar-refractivity contribution < 1.29 is 8.42 Å². The molecule has 0 fully saturated rings. The first-order valence-electron chi connectivity index (χ1n) is 2.76. The molecule has 0 aromatic carbocycles. The minimum Gasteiger partial charge on any atom is -0.255 e. The van der Waals surface area contributed by atoms with Crippen molar-refractivity contribution in [2.75, 3.05) is 4.72 Å². The highest BCUT2D eigenvalue weighted by Gasteiger charge is 2.03. The Morgan fingerprint density at radius 3 is 2.75 bits per heavy atom. The van der Waals surface area contributed by atoms with Crippen molar-refractivity contribution in [1.29, 1.82) is 0 Å². The molecule has 12 heavy (non-hydrogen) atoms. The number of nitrogens with two attached hydrogens (primary N) is 1. The lowest BCUT2D eigenvalue weighted by atomic mass is 10.6. The highest BCUT2D eigenvalue weighted by atomic mass is 35.5. The van der Waals surface area contributed by atoms with Gasteiger partial charge < -0.3 is 0 Å². The molecule has 66 valence electrons. The van der Waals surface area contributed by atoms with Crippen LogP contribution in [0.5, 0.6) is 0 Å². The van der Waals surface area contributed by atoms with Crippen LogP contribution in [0.3, 0.4) is 0 Å². The summed E-state index contributed by atoms with van der Waals surface area (Å²) in [5, 5.41) is 4.62. The number of anilines is 1. The molecule has 1 heterocycles. The van der Waals surface area contributed by atoms with Crippen LogP contribution in [-0.4, -0.2) is 18.4 Å². The molecule has 0 amide bonds. The summed E-state index contributed by atoms with van der Waals surface area (Å²) in [6.45, 7) is 0. The molecule has 0 spiro atoms. The molecular weight excluding hydrogens is 204 g/mol. The Morgan fingerprint density at radius 2 is 2.25 bits per heavy atom. The second-order valence-corrected chi connectivity index (χ2v) is 3.49. The number of halogens is 1. The van der Waals surface area contributed by atoms with Crippen molar-refractivity contribution in [3.8, 4) is 0 Å². The van der Waals surface area contributed by atoms with E-state index in [4.69, 9.17) is 11.6 Å². The van der Waals surface area contributed by atoms with Crippen LogP contribution in [-0.2, 0) is 10.2 Å². The van der Waals surface area contributed by atoms with Gasteiger partial charge in [0.1, 0.15) is 5.82 Å². The maximum atomic E-state index is 10.5. The molecule has 0 bridgehead atoms. The Bertz CT molecular complexity index is 378. The molecule has 3 N–H and O–H groups in total. The summed E-state index contributed by atoms with van der Waals surface area (Å²) < 4.78 is 22.9. The van der Waals surface area contributed by atoms with Crippen molar-refractivity contribution in [2.45, 2.75) is 0 Å². The molecule has 1 rings (SSSR count). The first-order chi connectivity index (χ1) is 5.47. The van der Waals surface area contributed by atoms with Gasteiger partial charge in [0.05, 0.1) is 0 Å². The molecule has 0 unspecified atom stereocenters. The number of aromatic nitrogens is 2. The van der Waals surface area contributed by atoms with E-state index in [0.29, 0.717) is 0 Å². The van der Waals surface area contributed by atoms with E-state index in [9.17, 15) is 8.42 Å². The number of rotatable bonds is 2. The Hall–Kier alpha value is -0.920. The molecule has 1 aromatic heterocycles. The lowest BCUT2D eigenvalue weighted by molar-refractivity contribution is 0.602. The van der Waals surface area contributed by atoms with E-state index in [-0.39, 0.29) is 11.1 Å². The minimum absolute atomic E-state index is 0.0394. The molecule has 0 aliphatic heterocycles. The number of nitrogens with zero attached hydrogens (tertiary/aromatic N) is 2. The summed E-state index contributed by atoms with van der Waals surface area (Å²) in [7, 11) is -3.79. The zero-order valence-electron chi connectivity index (χ0n) is 5.73. The largest absolute Gasteiger partial charge is 0.297 e. The monoisotopic (exact) mass is 208 g/mol. The fraction of sp³-hybridized carbons (Fsp3) is 0. The third kappa shape index (κ3) is 2.99. The van der Waals surface area contributed by atoms with Crippen molar-refractivity contribution in [1.82, 2.24) is 9.97 Å². The van der Waals surface area contributed by atoms with Crippen molar-refractivity contribution >= 4 is 27.6 Å². The average Bonchev–Trinajstić information content (AvgIpc) is 1.82. The van der Waals surface area contributed by atoms with Crippen LogP contribution in [0.4, 0.5) is 5.82 Å². The van der Waals surface area contributed by atoms with E-state index < -0.39 is 10.2 Å². The molecule has 0 saturated carbocycles. The Labute approximate surface area is 74.0 Å². The average molecular weight is 209 g/mol. The smallest absolute Gasteiger partial charge is 0.255 e. The van der Waals surface area contributed by atoms with Crippen molar-refractivity contribution in [3.05, 3.63) is 17.5 Å². The number of nitrogens with one attached hydrogen (secondary N) is 1. The summed E-state index contributed by atoms with van der Waals surface area (Å²) >= 11 is 5.38. The molecule has 0 atom stereocenters. The lowest BCUT2D eigenvalue weighted by Crippen LogP contribution is -2.22. The predicted molar refractivity (Wildman–Crippen MR) is 43.8 cm³/mol. The predicted octanol–water partition coefficient (Wildman–Crippen LogP) is -0.255. The van der Waals surface area contributed by atoms with Gasteiger partial charge in [-0.15, -0.1) is 0 Å². The SMILES string of the molecule is NS(=O)(=O)Nc1ccnc(Cl)n1. The second kappa shape index (κ2) is 3.21. The van der Waals surface area contributed by atoms with Crippen LogP contribution >= 0.6 is 11.6 Å². The molecule has 0 aliphatic rings. The molecule has 0 radical (unpaired) electrons. The Balaban J connectivity index is 2.91. The molecule has 8 heteroatoms.